The monoisotopic (exact) mass is 350 g/mol. The number of aromatic nitrogens is 3. The van der Waals surface area contributed by atoms with Crippen molar-refractivity contribution in [1.29, 1.82) is 0 Å². The molecule has 0 spiro atoms. The van der Waals surface area contributed by atoms with Gasteiger partial charge in [-0.1, -0.05) is 32.9 Å². The molecule has 0 aliphatic heterocycles. The summed E-state index contributed by atoms with van der Waals surface area (Å²) in [6, 6.07) is 3.74. The Kier molecular flexibility index (Phi) is 10.1. The zero-order chi connectivity index (χ0) is 19.5. The maximum atomic E-state index is 11.5. The van der Waals surface area contributed by atoms with Gasteiger partial charge in [0.15, 0.2) is 0 Å². The maximum Gasteiger partial charge on any atom is 0.408 e. The molecule has 0 atom stereocenters. The van der Waals surface area contributed by atoms with E-state index in [1.54, 1.807) is 27.0 Å². The number of nitrogens with one attached hydrogen (secondary N) is 1. The lowest BCUT2D eigenvalue weighted by Crippen LogP contribution is -2.32. The van der Waals surface area contributed by atoms with Crippen LogP contribution in [0.15, 0.2) is 22.9 Å². The maximum absolute atomic E-state index is 11.5. The van der Waals surface area contributed by atoms with Gasteiger partial charge in [0.1, 0.15) is 17.8 Å². The van der Waals surface area contributed by atoms with E-state index in [9.17, 15) is 4.79 Å². The number of nitrogens with zero attached hydrogens (tertiary/aromatic N) is 3. The van der Waals surface area contributed by atoms with E-state index in [0.717, 1.165) is 5.56 Å². The second-order valence-electron chi connectivity index (χ2n) is 5.59. The van der Waals surface area contributed by atoms with Crippen LogP contribution in [0.1, 0.15) is 59.9 Å². The molecule has 2 aromatic heterocycles. The summed E-state index contributed by atoms with van der Waals surface area (Å²) in [4.78, 5) is 19.9. The number of pyridine rings is 1. The first-order valence-corrected chi connectivity index (χ1v) is 8.56. The van der Waals surface area contributed by atoms with Gasteiger partial charge in [-0.05, 0) is 45.4 Å². The van der Waals surface area contributed by atoms with Crippen molar-refractivity contribution in [3.05, 3.63) is 29.8 Å². The summed E-state index contributed by atoms with van der Waals surface area (Å²) in [5.41, 5.74) is 1.13. The quantitative estimate of drug-likeness (QED) is 0.875. The van der Waals surface area contributed by atoms with Gasteiger partial charge in [-0.15, -0.1) is 0 Å². The summed E-state index contributed by atoms with van der Waals surface area (Å²) < 4.78 is 10.2. The number of aryl methyl sites for hydroxylation is 1. The minimum Gasteiger partial charge on any atom is -0.444 e. The van der Waals surface area contributed by atoms with E-state index < -0.39 is 11.7 Å². The van der Waals surface area contributed by atoms with Gasteiger partial charge >= 0.3 is 6.09 Å². The Balaban J connectivity index is 0.00000134. The standard InChI is InChI=1S/C14H18N4O3.2C2H6/c1-9-5-6-15-10(7-9)12-17-11(21-18-12)8-16-13(19)20-14(2,3)4;2*1-2/h5-7H,8H2,1-4H3,(H,16,19);2*1-2H3. The lowest BCUT2D eigenvalue weighted by atomic mass is 10.2. The van der Waals surface area contributed by atoms with E-state index in [4.69, 9.17) is 9.26 Å². The number of alkyl carbamates (subject to hydrolysis) is 1. The van der Waals surface area contributed by atoms with Crippen LogP contribution in [-0.4, -0.2) is 26.8 Å². The van der Waals surface area contributed by atoms with Gasteiger partial charge in [-0.2, -0.15) is 4.98 Å². The van der Waals surface area contributed by atoms with Crippen LogP contribution in [0.2, 0.25) is 0 Å². The molecule has 0 aliphatic rings. The van der Waals surface area contributed by atoms with Crippen LogP contribution in [0.3, 0.4) is 0 Å². The molecule has 2 heterocycles. The smallest absolute Gasteiger partial charge is 0.408 e. The Hall–Kier alpha value is -2.44. The van der Waals surface area contributed by atoms with Crippen molar-refractivity contribution in [1.82, 2.24) is 20.4 Å². The van der Waals surface area contributed by atoms with Crippen molar-refractivity contribution in [2.45, 2.75) is 67.5 Å². The Bertz CT molecular complexity index is 633. The van der Waals surface area contributed by atoms with Gasteiger partial charge in [0.2, 0.25) is 11.7 Å². The molecule has 0 unspecified atom stereocenters. The van der Waals surface area contributed by atoms with Crippen LogP contribution in [-0.2, 0) is 11.3 Å². The van der Waals surface area contributed by atoms with Crippen molar-refractivity contribution in [2.24, 2.45) is 0 Å². The largest absolute Gasteiger partial charge is 0.444 e. The van der Waals surface area contributed by atoms with Crippen LogP contribution >= 0.6 is 0 Å². The molecular weight excluding hydrogens is 320 g/mol. The molecule has 0 aliphatic carbocycles. The Morgan fingerprint density at radius 3 is 2.44 bits per heavy atom. The van der Waals surface area contributed by atoms with Crippen LogP contribution in [0.4, 0.5) is 4.79 Å². The fourth-order valence-electron chi connectivity index (χ4n) is 1.55. The third-order valence-corrected chi connectivity index (χ3v) is 2.40. The number of hydrogen-bond acceptors (Lipinski definition) is 6. The van der Waals surface area contributed by atoms with Gasteiger partial charge in [-0.25, -0.2) is 4.79 Å². The zero-order valence-corrected chi connectivity index (χ0v) is 16.5. The summed E-state index contributed by atoms with van der Waals surface area (Å²) in [7, 11) is 0. The first-order chi connectivity index (χ1) is 11.8. The number of carbonyl (C=O) groups excluding carboxylic acids is 1. The highest BCUT2D eigenvalue weighted by Crippen LogP contribution is 2.14. The van der Waals surface area contributed by atoms with Crippen molar-refractivity contribution >= 4 is 6.09 Å². The summed E-state index contributed by atoms with van der Waals surface area (Å²) >= 11 is 0. The molecule has 0 saturated carbocycles. The number of amides is 1. The molecule has 7 nitrogen and oxygen atoms in total. The van der Waals surface area contributed by atoms with Gasteiger partial charge in [-0.3, -0.25) is 4.98 Å². The van der Waals surface area contributed by atoms with Crippen molar-refractivity contribution in [3.8, 4) is 11.5 Å². The first-order valence-electron chi connectivity index (χ1n) is 8.56. The van der Waals surface area contributed by atoms with Gasteiger partial charge in [0.05, 0.1) is 0 Å². The highest BCUT2D eigenvalue weighted by atomic mass is 16.6. The number of carbonyl (C=O) groups is 1. The topological polar surface area (TPSA) is 90.1 Å². The predicted molar refractivity (Wildman–Crippen MR) is 98.0 cm³/mol. The van der Waals surface area contributed by atoms with Gasteiger partial charge in [0.25, 0.3) is 0 Å². The molecule has 0 bridgehead atoms. The van der Waals surface area contributed by atoms with E-state index in [2.05, 4.69) is 20.4 Å². The second kappa shape index (κ2) is 11.2. The lowest BCUT2D eigenvalue weighted by Gasteiger charge is -2.19. The molecule has 1 amide bonds. The normalized spacial score (nSPS) is 9.92. The third kappa shape index (κ3) is 8.83. The number of ether oxygens (including phenoxy) is 1. The van der Waals surface area contributed by atoms with E-state index in [-0.39, 0.29) is 6.54 Å². The fraction of sp³-hybridized carbons (Fsp3) is 0.556. The summed E-state index contributed by atoms with van der Waals surface area (Å²) in [6.07, 6.45) is 1.15. The molecule has 0 saturated heterocycles. The highest BCUT2D eigenvalue weighted by Gasteiger charge is 2.17. The first kappa shape index (κ1) is 22.6. The fourth-order valence-corrected chi connectivity index (χ4v) is 1.55. The molecule has 140 valence electrons. The lowest BCUT2D eigenvalue weighted by molar-refractivity contribution is 0.0518. The van der Waals surface area contributed by atoms with Crippen molar-refractivity contribution < 1.29 is 14.1 Å². The second-order valence-corrected chi connectivity index (χ2v) is 5.59. The minimum absolute atomic E-state index is 0.105. The molecule has 1 N–H and O–H groups in total. The van der Waals surface area contributed by atoms with E-state index in [0.29, 0.717) is 17.4 Å². The van der Waals surface area contributed by atoms with Crippen LogP contribution in [0, 0.1) is 6.92 Å². The average Bonchev–Trinajstić information content (AvgIpc) is 3.04. The Morgan fingerprint density at radius 1 is 1.24 bits per heavy atom. The SMILES string of the molecule is CC.CC.Cc1ccnc(-c2noc(CNC(=O)OC(C)(C)C)n2)c1. The van der Waals surface area contributed by atoms with Crippen LogP contribution < -0.4 is 5.32 Å². The highest BCUT2D eigenvalue weighted by molar-refractivity contribution is 5.67. The van der Waals surface area contributed by atoms with Gasteiger partial charge in [0, 0.05) is 6.20 Å². The molecule has 7 heteroatoms. The van der Waals surface area contributed by atoms with Crippen LogP contribution in [0.25, 0.3) is 11.5 Å². The predicted octanol–water partition coefficient (Wildman–Crippen LogP) is 4.52. The van der Waals surface area contributed by atoms with Gasteiger partial charge < -0.3 is 14.6 Å². The van der Waals surface area contributed by atoms with Crippen LogP contribution in [0.5, 0.6) is 0 Å². The summed E-state index contributed by atoms with van der Waals surface area (Å²) in [6.45, 7) is 15.4. The molecule has 0 aromatic carbocycles. The van der Waals surface area contributed by atoms with E-state index in [1.165, 1.54) is 0 Å². The average molecular weight is 350 g/mol. The Labute approximate surface area is 150 Å². The zero-order valence-electron chi connectivity index (χ0n) is 16.5. The van der Waals surface area contributed by atoms with E-state index >= 15 is 0 Å². The molecule has 2 aromatic rings. The molecule has 25 heavy (non-hydrogen) atoms. The molecule has 0 radical (unpaired) electrons. The molecule has 0 fully saturated rings. The third-order valence-electron chi connectivity index (χ3n) is 2.40. The Morgan fingerprint density at radius 2 is 1.88 bits per heavy atom. The van der Waals surface area contributed by atoms with Crippen molar-refractivity contribution in [3.63, 3.8) is 0 Å². The molecule has 2 rings (SSSR count). The number of hydrogen-bond donors (Lipinski definition) is 1. The molecular formula is C18H30N4O3. The van der Waals surface area contributed by atoms with E-state index in [1.807, 2.05) is 46.8 Å². The minimum atomic E-state index is -0.546. The summed E-state index contributed by atoms with van der Waals surface area (Å²) in [5.74, 6) is 0.679. The van der Waals surface area contributed by atoms with Crippen molar-refractivity contribution in [2.75, 3.05) is 0 Å². The summed E-state index contributed by atoms with van der Waals surface area (Å²) in [5, 5.41) is 6.39. The number of rotatable bonds is 3.